The summed E-state index contributed by atoms with van der Waals surface area (Å²) in [6.07, 6.45) is 0. The number of rotatable bonds is 5. The SMILES string of the molecule is Cc1cc(C(=O)O)cc(S(=O)(=O)Nc2ccccc2C(C)C)c1C. The van der Waals surface area contributed by atoms with Gasteiger partial charge >= 0.3 is 5.97 Å². The van der Waals surface area contributed by atoms with Gasteiger partial charge in [0.2, 0.25) is 0 Å². The predicted molar refractivity (Wildman–Crippen MR) is 94.2 cm³/mol. The van der Waals surface area contributed by atoms with Crippen molar-refractivity contribution in [3.05, 3.63) is 58.7 Å². The molecule has 0 saturated carbocycles. The Balaban J connectivity index is 2.55. The van der Waals surface area contributed by atoms with E-state index in [9.17, 15) is 18.3 Å². The largest absolute Gasteiger partial charge is 0.478 e. The smallest absolute Gasteiger partial charge is 0.335 e. The zero-order chi connectivity index (χ0) is 18.1. The molecule has 128 valence electrons. The minimum atomic E-state index is -3.89. The van der Waals surface area contributed by atoms with Crippen molar-refractivity contribution in [1.82, 2.24) is 0 Å². The van der Waals surface area contributed by atoms with Gasteiger partial charge in [-0.25, -0.2) is 13.2 Å². The van der Waals surface area contributed by atoms with Crippen LogP contribution in [0.3, 0.4) is 0 Å². The fourth-order valence-corrected chi connectivity index (χ4v) is 3.95. The van der Waals surface area contributed by atoms with Crippen molar-refractivity contribution >= 4 is 21.7 Å². The Labute approximate surface area is 142 Å². The number of benzene rings is 2. The van der Waals surface area contributed by atoms with E-state index in [0.717, 1.165) is 5.56 Å². The number of hydrogen-bond acceptors (Lipinski definition) is 3. The maximum Gasteiger partial charge on any atom is 0.335 e. The van der Waals surface area contributed by atoms with Crippen molar-refractivity contribution in [2.24, 2.45) is 0 Å². The number of nitrogens with one attached hydrogen (secondary N) is 1. The van der Waals surface area contributed by atoms with E-state index in [1.807, 2.05) is 26.0 Å². The first-order valence-corrected chi connectivity index (χ1v) is 9.08. The number of carbonyl (C=O) groups is 1. The standard InChI is InChI=1S/C18H21NO4S/c1-11(2)15-7-5-6-8-16(15)19-24(22,23)17-10-14(18(20)21)9-12(3)13(17)4/h5-11,19H,1-4H3,(H,20,21). The molecule has 0 fully saturated rings. The highest BCUT2D eigenvalue weighted by Gasteiger charge is 2.22. The van der Waals surface area contributed by atoms with Gasteiger partial charge in [0.05, 0.1) is 16.1 Å². The highest BCUT2D eigenvalue weighted by atomic mass is 32.2. The summed E-state index contributed by atoms with van der Waals surface area (Å²) in [5.41, 5.74) is 2.49. The fraction of sp³-hybridized carbons (Fsp3) is 0.278. The van der Waals surface area contributed by atoms with Crippen molar-refractivity contribution in [3.63, 3.8) is 0 Å². The monoisotopic (exact) mass is 347 g/mol. The van der Waals surface area contributed by atoms with Gasteiger partial charge in [-0.2, -0.15) is 0 Å². The second kappa shape index (κ2) is 6.65. The van der Waals surface area contributed by atoms with Crippen molar-refractivity contribution in [3.8, 4) is 0 Å². The molecule has 2 N–H and O–H groups in total. The maximum absolute atomic E-state index is 12.8. The third-order valence-corrected chi connectivity index (χ3v) is 5.48. The van der Waals surface area contributed by atoms with E-state index in [1.165, 1.54) is 12.1 Å². The van der Waals surface area contributed by atoms with Crippen LogP contribution in [0.2, 0.25) is 0 Å². The summed E-state index contributed by atoms with van der Waals surface area (Å²) in [5.74, 6) is -1.01. The van der Waals surface area contributed by atoms with Crippen LogP contribution < -0.4 is 4.72 Å². The van der Waals surface area contributed by atoms with E-state index in [1.54, 1.807) is 26.0 Å². The van der Waals surface area contributed by atoms with Crippen molar-refractivity contribution in [2.45, 2.75) is 38.5 Å². The Morgan fingerprint density at radius 1 is 1.12 bits per heavy atom. The van der Waals surface area contributed by atoms with Gasteiger partial charge in [-0.3, -0.25) is 4.72 Å². The van der Waals surface area contributed by atoms with Crippen LogP contribution in [0.4, 0.5) is 5.69 Å². The van der Waals surface area contributed by atoms with Gasteiger partial charge in [-0.15, -0.1) is 0 Å². The van der Waals surface area contributed by atoms with E-state index >= 15 is 0 Å². The molecule has 0 spiro atoms. The summed E-state index contributed by atoms with van der Waals surface area (Å²) < 4.78 is 28.2. The maximum atomic E-state index is 12.8. The second-order valence-electron chi connectivity index (χ2n) is 6.07. The van der Waals surface area contributed by atoms with Crippen LogP contribution in [0, 0.1) is 13.8 Å². The molecular formula is C18H21NO4S. The third-order valence-electron chi connectivity index (χ3n) is 3.98. The summed E-state index contributed by atoms with van der Waals surface area (Å²) in [6, 6.07) is 9.86. The first kappa shape index (κ1) is 18.0. The second-order valence-corrected chi connectivity index (χ2v) is 7.72. The van der Waals surface area contributed by atoms with Gasteiger partial charge in [0.15, 0.2) is 0 Å². The van der Waals surface area contributed by atoms with Gasteiger partial charge < -0.3 is 5.11 Å². The van der Waals surface area contributed by atoms with E-state index in [0.29, 0.717) is 16.8 Å². The first-order valence-electron chi connectivity index (χ1n) is 7.59. The van der Waals surface area contributed by atoms with Crippen LogP contribution in [0.15, 0.2) is 41.3 Å². The van der Waals surface area contributed by atoms with Crippen LogP contribution in [0.1, 0.15) is 46.8 Å². The van der Waals surface area contributed by atoms with Gasteiger partial charge in [0, 0.05) is 0 Å². The number of sulfonamides is 1. The Morgan fingerprint density at radius 3 is 2.33 bits per heavy atom. The van der Waals surface area contributed by atoms with E-state index in [4.69, 9.17) is 0 Å². The summed E-state index contributed by atoms with van der Waals surface area (Å²) in [7, 11) is -3.89. The zero-order valence-electron chi connectivity index (χ0n) is 14.1. The van der Waals surface area contributed by atoms with Crippen molar-refractivity contribution in [2.75, 3.05) is 4.72 Å². The number of carboxylic acid groups (broad SMARTS) is 1. The minimum Gasteiger partial charge on any atom is -0.478 e. The predicted octanol–water partition coefficient (Wildman–Crippen LogP) is 3.93. The molecule has 24 heavy (non-hydrogen) atoms. The number of aromatic carboxylic acids is 1. The van der Waals surface area contributed by atoms with Gasteiger partial charge in [-0.05, 0) is 54.7 Å². The lowest BCUT2D eigenvalue weighted by Crippen LogP contribution is -2.17. The lowest BCUT2D eigenvalue weighted by atomic mass is 10.0. The van der Waals surface area contributed by atoms with Crippen LogP contribution in [-0.4, -0.2) is 19.5 Å². The molecule has 0 atom stereocenters. The van der Waals surface area contributed by atoms with Crippen molar-refractivity contribution < 1.29 is 18.3 Å². The summed E-state index contributed by atoms with van der Waals surface area (Å²) in [5, 5.41) is 9.18. The fourth-order valence-electron chi connectivity index (χ4n) is 2.52. The third kappa shape index (κ3) is 3.59. The molecule has 0 saturated heterocycles. The summed E-state index contributed by atoms with van der Waals surface area (Å²) in [6.45, 7) is 7.33. The van der Waals surface area contributed by atoms with Crippen LogP contribution >= 0.6 is 0 Å². The van der Waals surface area contributed by atoms with E-state index in [2.05, 4.69) is 4.72 Å². The molecule has 0 unspecified atom stereocenters. The molecule has 6 heteroatoms. The highest BCUT2D eigenvalue weighted by Crippen LogP contribution is 2.28. The number of hydrogen-bond donors (Lipinski definition) is 2. The van der Waals surface area contributed by atoms with Gasteiger partial charge in [0.1, 0.15) is 0 Å². The topological polar surface area (TPSA) is 83.5 Å². The molecule has 0 bridgehead atoms. The molecule has 2 rings (SSSR count). The quantitative estimate of drug-likeness (QED) is 0.858. The average Bonchev–Trinajstić information content (AvgIpc) is 2.49. The molecule has 0 aliphatic rings. The van der Waals surface area contributed by atoms with Crippen LogP contribution in [0.5, 0.6) is 0 Å². The molecule has 0 heterocycles. The average molecular weight is 347 g/mol. The Bertz CT molecular complexity index is 886. The van der Waals surface area contributed by atoms with Crippen LogP contribution in [0.25, 0.3) is 0 Å². The van der Waals surface area contributed by atoms with E-state index in [-0.39, 0.29) is 16.4 Å². The highest BCUT2D eigenvalue weighted by molar-refractivity contribution is 7.92. The lowest BCUT2D eigenvalue weighted by Gasteiger charge is -2.17. The molecule has 0 aliphatic carbocycles. The first-order chi connectivity index (χ1) is 11.1. The Kier molecular flexibility index (Phi) is 4.99. The number of para-hydroxylation sites is 1. The van der Waals surface area contributed by atoms with Gasteiger partial charge in [-0.1, -0.05) is 32.0 Å². The molecular weight excluding hydrogens is 326 g/mol. The molecule has 0 aliphatic heterocycles. The molecule has 2 aromatic carbocycles. The lowest BCUT2D eigenvalue weighted by molar-refractivity contribution is 0.0696. The van der Waals surface area contributed by atoms with Gasteiger partial charge in [0.25, 0.3) is 10.0 Å². The summed E-state index contributed by atoms with van der Waals surface area (Å²) in [4.78, 5) is 11.2. The molecule has 5 nitrogen and oxygen atoms in total. The number of anilines is 1. The Morgan fingerprint density at radius 2 is 1.75 bits per heavy atom. The van der Waals surface area contributed by atoms with Crippen LogP contribution in [-0.2, 0) is 10.0 Å². The normalized spacial score (nSPS) is 11.5. The Hall–Kier alpha value is -2.34. The molecule has 0 aromatic heterocycles. The van der Waals surface area contributed by atoms with E-state index < -0.39 is 16.0 Å². The molecule has 2 aromatic rings. The minimum absolute atomic E-state index is 0.0153. The zero-order valence-corrected chi connectivity index (χ0v) is 14.9. The summed E-state index contributed by atoms with van der Waals surface area (Å²) >= 11 is 0. The molecule has 0 amide bonds. The van der Waals surface area contributed by atoms with Crippen molar-refractivity contribution in [1.29, 1.82) is 0 Å². The number of carboxylic acids is 1. The number of aryl methyl sites for hydroxylation is 1. The molecule has 0 radical (unpaired) electrons.